The second-order valence-electron chi connectivity index (χ2n) is 5.39. The molecule has 20 heavy (non-hydrogen) atoms. The van der Waals surface area contributed by atoms with Gasteiger partial charge in [0.1, 0.15) is 11.2 Å². The van der Waals surface area contributed by atoms with Gasteiger partial charge in [0.05, 0.1) is 5.54 Å². The van der Waals surface area contributed by atoms with Crippen molar-refractivity contribution >= 4 is 22.9 Å². The summed E-state index contributed by atoms with van der Waals surface area (Å²) in [7, 11) is 0. The molecule has 2 rings (SSSR count). The average Bonchev–Trinajstić information content (AvgIpc) is 2.31. The van der Waals surface area contributed by atoms with Gasteiger partial charge in [-0.25, -0.2) is 17.6 Å². The predicted molar refractivity (Wildman–Crippen MR) is 72.9 cm³/mol. The molecule has 3 N–H and O–H groups in total. The number of nitrogen functional groups attached to an aromatic ring is 1. The molecule has 2 nitrogen and oxygen atoms in total. The van der Waals surface area contributed by atoms with Gasteiger partial charge in [-0.2, -0.15) is 0 Å². The molecule has 0 saturated carbocycles. The van der Waals surface area contributed by atoms with Gasteiger partial charge < -0.3 is 11.1 Å². The summed E-state index contributed by atoms with van der Waals surface area (Å²) in [4.78, 5) is -0.240. The van der Waals surface area contributed by atoms with E-state index in [2.05, 4.69) is 5.32 Å². The van der Waals surface area contributed by atoms with Crippen LogP contribution in [0.15, 0.2) is 12.1 Å². The third-order valence-electron chi connectivity index (χ3n) is 3.65. The first kappa shape index (κ1) is 15.0. The topological polar surface area (TPSA) is 38.0 Å². The summed E-state index contributed by atoms with van der Waals surface area (Å²) in [5, 5.41) is 2.46. The molecule has 1 saturated heterocycles. The van der Waals surface area contributed by atoms with Crippen molar-refractivity contribution < 1.29 is 17.6 Å². The second kappa shape index (κ2) is 4.58. The molecule has 1 fully saturated rings. The maximum Gasteiger partial charge on any atom is 0.164 e. The van der Waals surface area contributed by atoms with E-state index in [1.165, 1.54) is 6.92 Å². The van der Waals surface area contributed by atoms with Crippen LogP contribution in [0.25, 0.3) is 0 Å². The number of piperidine rings is 1. The average molecular weight is 306 g/mol. The van der Waals surface area contributed by atoms with Crippen molar-refractivity contribution in [1.82, 2.24) is 5.32 Å². The minimum atomic E-state index is -2.02. The normalized spacial score (nSPS) is 33.9. The molecule has 1 heterocycles. The molecule has 1 aliphatic heterocycles. The van der Waals surface area contributed by atoms with E-state index in [0.717, 1.165) is 19.1 Å². The first-order valence-electron chi connectivity index (χ1n) is 5.98. The van der Waals surface area contributed by atoms with Crippen molar-refractivity contribution in [3.05, 3.63) is 29.3 Å². The van der Waals surface area contributed by atoms with Gasteiger partial charge in [-0.3, -0.25) is 0 Å². The van der Waals surface area contributed by atoms with Crippen LogP contribution in [0.2, 0.25) is 0 Å². The molecule has 1 aromatic carbocycles. The molecule has 110 valence electrons. The number of benzene rings is 1. The maximum absolute atomic E-state index is 14.3. The molecule has 1 aromatic rings. The summed E-state index contributed by atoms with van der Waals surface area (Å²) in [5.41, 5.74) is 1.42. The van der Waals surface area contributed by atoms with Gasteiger partial charge in [-0.15, -0.1) is 0 Å². The third-order valence-corrected chi connectivity index (χ3v) is 4.17. The highest BCUT2D eigenvalue weighted by Gasteiger charge is 2.50. The van der Waals surface area contributed by atoms with Crippen molar-refractivity contribution in [1.29, 1.82) is 0 Å². The highest BCUT2D eigenvalue weighted by Crippen LogP contribution is 2.40. The Labute approximate surface area is 119 Å². The summed E-state index contributed by atoms with van der Waals surface area (Å²) in [6, 6.07) is 1.93. The molecule has 0 amide bonds. The van der Waals surface area contributed by atoms with E-state index in [1.807, 2.05) is 0 Å². The number of anilines is 1. The van der Waals surface area contributed by atoms with Gasteiger partial charge >= 0.3 is 0 Å². The molecule has 3 atom stereocenters. The first-order valence-corrected chi connectivity index (χ1v) is 6.39. The fraction of sp³-hybridized carbons (Fsp3) is 0.462. The second-order valence-corrected chi connectivity index (χ2v) is 5.80. The lowest BCUT2D eigenvalue weighted by Crippen LogP contribution is -2.61. The molecule has 0 radical (unpaired) electrons. The fourth-order valence-electron chi connectivity index (χ4n) is 2.30. The quantitative estimate of drug-likeness (QED) is 0.475. The van der Waals surface area contributed by atoms with E-state index in [9.17, 15) is 17.6 Å². The zero-order valence-corrected chi connectivity index (χ0v) is 11.8. The molecule has 1 aliphatic rings. The third kappa shape index (κ3) is 2.24. The molecule has 0 unspecified atom stereocenters. The first-order chi connectivity index (χ1) is 9.08. The Morgan fingerprint density at radius 3 is 2.55 bits per heavy atom. The SMILES string of the molecule is C[C@@]1(F)C[C@H](F)[C@@](C)(c2cc(N)cc(F)c2F)NC1=S. The summed E-state index contributed by atoms with van der Waals surface area (Å²) in [5.74, 6) is -2.41. The van der Waals surface area contributed by atoms with Crippen LogP contribution in [0.5, 0.6) is 0 Å². The van der Waals surface area contributed by atoms with Crippen LogP contribution in [0.3, 0.4) is 0 Å². The van der Waals surface area contributed by atoms with E-state index < -0.39 is 35.4 Å². The van der Waals surface area contributed by atoms with E-state index in [1.54, 1.807) is 0 Å². The minimum absolute atomic E-state index is 0.0476. The van der Waals surface area contributed by atoms with Crippen molar-refractivity contribution in [2.45, 2.75) is 37.6 Å². The number of thiocarbonyl (C=S) groups is 1. The lowest BCUT2D eigenvalue weighted by molar-refractivity contribution is 0.0853. The molecule has 0 spiro atoms. The fourth-order valence-corrected chi connectivity index (χ4v) is 2.60. The number of rotatable bonds is 1. The molecule has 7 heteroatoms. The number of hydrogen-bond acceptors (Lipinski definition) is 2. The Hall–Kier alpha value is -1.37. The van der Waals surface area contributed by atoms with E-state index >= 15 is 0 Å². The van der Waals surface area contributed by atoms with Crippen molar-refractivity contribution in [2.24, 2.45) is 0 Å². The predicted octanol–water partition coefficient (Wildman–Crippen LogP) is 3.15. The van der Waals surface area contributed by atoms with Crippen molar-refractivity contribution in [3.63, 3.8) is 0 Å². The molecule has 0 aliphatic carbocycles. The van der Waals surface area contributed by atoms with E-state index in [-0.39, 0.29) is 16.2 Å². The smallest absolute Gasteiger partial charge is 0.164 e. The lowest BCUT2D eigenvalue weighted by atomic mass is 9.78. The van der Waals surface area contributed by atoms with Crippen LogP contribution in [0, 0.1) is 11.6 Å². The molecule has 0 aromatic heterocycles. The number of nitrogens with one attached hydrogen (secondary N) is 1. The van der Waals surface area contributed by atoms with E-state index in [0.29, 0.717) is 0 Å². The zero-order valence-electron chi connectivity index (χ0n) is 10.9. The van der Waals surface area contributed by atoms with Gasteiger partial charge in [0.2, 0.25) is 0 Å². The Kier molecular flexibility index (Phi) is 3.44. The lowest BCUT2D eigenvalue weighted by Gasteiger charge is -2.44. The highest BCUT2D eigenvalue weighted by molar-refractivity contribution is 7.80. The molecular weight excluding hydrogens is 292 g/mol. The largest absolute Gasteiger partial charge is 0.399 e. The standard InChI is InChI=1S/C13H14F4N2S/c1-12(17)5-9(15)13(2,19-11(12)20)7-3-6(18)4-8(14)10(7)16/h3-4,9H,5,18H2,1-2H3,(H,19,20)/t9-,12+,13+/m0/s1. The zero-order chi connectivity index (χ0) is 15.3. The number of halogens is 4. The van der Waals surface area contributed by atoms with Gasteiger partial charge in [-0.1, -0.05) is 12.2 Å². The van der Waals surface area contributed by atoms with Gasteiger partial charge in [0, 0.05) is 17.7 Å². The van der Waals surface area contributed by atoms with Crippen LogP contribution >= 0.6 is 12.2 Å². The summed E-state index contributed by atoms with van der Waals surface area (Å²) in [6.45, 7) is 2.45. The van der Waals surface area contributed by atoms with E-state index in [4.69, 9.17) is 18.0 Å². The van der Waals surface area contributed by atoms with Crippen LogP contribution in [-0.2, 0) is 5.54 Å². The Balaban J connectivity index is 2.54. The minimum Gasteiger partial charge on any atom is -0.399 e. The van der Waals surface area contributed by atoms with Crippen LogP contribution in [0.4, 0.5) is 23.2 Å². The van der Waals surface area contributed by atoms with Crippen LogP contribution in [-0.4, -0.2) is 16.8 Å². The Morgan fingerprint density at radius 2 is 1.95 bits per heavy atom. The van der Waals surface area contributed by atoms with Crippen molar-refractivity contribution in [3.8, 4) is 0 Å². The Bertz CT molecular complexity index is 576. The summed E-state index contributed by atoms with van der Waals surface area (Å²) in [6.07, 6.45) is -2.33. The molecular formula is C13H14F4N2S. The number of alkyl halides is 2. The van der Waals surface area contributed by atoms with Gasteiger partial charge in [0.25, 0.3) is 0 Å². The van der Waals surface area contributed by atoms with Gasteiger partial charge in [-0.05, 0) is 26.0 Å². The maximum atomic E-state index is 14.3. The summed E-state index contributed by atoms with van der Waals surface area (Å²) >= 11 is 4.85. The molecule has 0 bridgehead atoms. The van der Waals surface area contributed by atoms with Gasteiger partial charge in [0.15, 0.2) is 17.3 Å². The van der Waals surface area contributed by atoms with Crippen molar-refractivity contribution in [2.75, 3.05) is 5.73 Å². The number of hydrogen-bond donors (Lipinski definition) is 2. The highest BCUT2D eigenvalue weighted by atomic mass is 32.1. The summed E-state index contributed by atoms with van der Waals surface area (Å²) < 4.78 is 55.7. The Morgan fingerprint density at radius 1 is 1.35 bits per heavy atom. The van der Waals surface area contributed by atoms with Crippen LogP contribution < -0.4 is 11.1 Å². The number of nitrogens with two attached hydrogens (primary N) is 1. The van der Waals surface area contributed by atoms with Crippen LogP contribution in [0.1, 0.15) is 25.8 Å². The monoisotopic (exact) mass is 306 g/mol.